The predicted molar refractivity (Wildman–Crippen MR) is 87.6 cm³/mol. The summed E-state index contributed by atoms with van der Waals surface area (Å²) in [5, 5.41) is 3.66. The van der Waals surface area contributed by atoms with Gasteiger partial charge in [0.15, 0.2) is 0 Å². The molecular weight excluding hydrogens is 357 g/mol. The van der Waals surface area contributed by atoms with E-state index in [-0.39, 0.29) is 11.9 Å². The van der Waals surface area contributed by atoms with E-state index >= 15 is 0 Å². The van der Waals surface area contributed by atoms with E-state index in [4.69, 9.17) is 16.3 Å². The van der Waals surface area contributed by atoms with E-state index in [0.29, 0.717) is 17.0 Å². The quantitative estimate of drug-likeness (QED) is 0.817. The first kappa shape index (κ1) is 16.3. The summed E-state index contributed by atoms with van der Waals surface area (Å²) in [4.78, 5) is 0. The number of hydrogen-bond acceptors (Lipinski definition) is 2. The number of likely N-dealkylation sites (N-methyl/N-ethyl adjacent to an activating group) is 1. The third kappa shape index (κ3) is 3.96. The lowest BCUT2D eigenvalue weighted by Gasteiger charge is -2.19. The summed E-state index contributed by atoms with van der Waals surface area (Å²) in [7, 11) is 3.43. The molecule has 5 heteroatoms. The van der Waals surface area contributed by atoms with Crippen LogP contribution in [0.5, 0.6) is 5.75 Å². The van der Waals surface area contributed by atoms with Gasteiger partial charge in [0.1, 0.15) is 11.6 Å². The minimum Gasteiger partial charge on any atom is -0.496 e. The van der Waals surface area contributed by atoms with Crippen molar-refractivity contribution in [2.45, 2.75) is 12.5 Å². The smallest absolute Gasteiger partial charge is 0.128 e. The van der Waals surface area contributed by atoms with Crippen LogP contribution >= 0.6 is 27.5 Å². The van der Waals surface area contributed by atoms with Crippen molar-refractivity contribution in [3.63, 3.8) is 0 Å². The van der Waals surface area contributed by atoms with Crippen molar-refractivity contribution in [1.29, 1.82) is 0 Å². The van der Waals surface area contributed by atoms with Crippen LogP contribution in [0, 0.1) is 5.82 Å². The number of halogens is 3. The van der Waals surface area contributed by atoms with Crippen LogP contribution in [0.3, 0.4) is 0 Å². The molecule has 1 unspecified atom stereocenters. The highest BCUT2D eigenvalue weighted by molar-refractivity contribution is 9.10. The van der Waals surface area contributed by atoms with Crippen molar-refractivity contribution < 1.29 is 9.13 Å². The highest BCUT2D eigenvalue weighted by atomic mass is 79.9. The van der Waals surface area contributed by atoms with Gasteiger partial charge in [-0.25, -0.2) is 4.39 Å². The van der Waals surface area contributed by atoms with Crippen molar-refractivity contribution in [2.75, 3.05) is 14.2 Å². The van der Waals surface area contributed by atoms with Crippen LogP contribution in [0.25, 0.3) is 0 Å². The maximum absolute atomic E-state index is 14.0. The van der Waals surface area contributed by atoms with Crippen LogP contribution in [-0.2, 0) is 6.42 Å². The molecule has 0 aliphatic heterocycles. The molecule has 0 saturated heterocycles. The van der Waals surface area contributed by atoms with Crippen molar-refractivity contribution in [3.05, 3.63) is 62.8 Å². The van der Waals surface area contributed by atoms with Gasteiger partial charge in [0.05, 0.1) is 7.11 Å². The molecule has 0 aromatic heterocycles. The molecule has 1 atom stereocenters. The van der Waals surface area contributed by atoms with E-state index in [1.165, 1.54) is 6.07 Å². The van der Waals surface area contributed by atoms with Crippen LogP contribution in [0.4, 0.5) is 4.39 Å². The largest absolute Gasteiger partial charge is 0.496 e. The zero-order valence-electron chi connectivity index (χ0n) is 11.8. The third-order valence-corrected chi connectivity index (χ3v) is 4.08. The Balaban J connectivity index is 2.35. The summed E-state index contributed by atoms with van der Waals surface area (Å²) >= 11 is 9.43. The monoisotopic (exact) mass is 371 g/mol. The number of ether oxygens (including phenoxy) is 1. The Hall–Kier alpha value is -1.10. The Labute approximate surface area is 137 Å². The molecule has 0 radical (unpaired) electrons. The zero-order valence-corrected chi connectivity index (χ0v) is 14.1. The topological polar surface area (TPSA) is 21.3 Å². The van der Waals surface area contributed by atoms with Crippen LogP contribution < -0.4 is 10.1 Å². The molecule has 0 fully saturated rings. The molecule has 0 aliphatic carbocycles. The standard InChI is InChI=1S/C16H16BrClFNO/c1-20-15(13-9-12(18)4-5-14(13)19)8-10-7-11(17)3-6-16(10)21-2/h3-7,9,15,20H,8H2,1-2H3. The normalized spacial score (nSPS) is 12.2. The van der Waals surface area contributed by atoms with Crippen LogP contribution in [0.2, 0.25) is 5.02 Å². The van der Waals surface area contributed by atoms with Gasteiger partial charge in [-0.3, -0.25) is 0 Å². The van der Waals surface area contributed by atoms with Gasteiger partial charge in [-0.15, -0.1) is 0 Å². The fourth-order valence-electron chi connectivity index (χ4n) is 2.28. The van der Waals surface area contributed by atoms with Gasteiger partial charge in [0.2, 0.25) is 0 Å². The van der Waals surface area contributed by atoms with E-state index in [1.54, 1.807) is 26.3 Å². The van der Waals surface area contributed by atoms with Crippen molar-refractivity contribution in [1.82, 2.24) is 5.32 Å². The molecule has 2 nitrogen and oxygen atoms in total. The summed E-state index contributed by atoms with van der Waals surface area (Å²) in [5.41, 5.74) is 1.54. The van der Waals surface area contributed by atoms with E-state index in [9.17, 15) is 4.39 Å². The molecule has 0 heterocycles. The van der Waals surface area contributed by atoms with Crippen molar-refractivity contribution in [2.24, 2.45) is 0 Å². The molecule has 0 spiro atoms. The maximum Gasteiger partial charge on any atom is 0.128 e. The van der Waals surface area contributed by atoms with E-state index in [1.807, 2.05) is 18.2 Å². The van der Waals surface area contributed by atoms with Gasteiger partial charge >= 0.3 is 0 Å². The van der Waals surface area contributed by atoms with Gasteiger partial charge in [0, 0.05) is 21.1 Å². The fourth-order valence-corrected chi connectivity index (χ4v) is 2.86. The number of rotatable bonds is 5. The summed E-state index contributed by atoms with van der Waals surface area (Å²) in [6.07, 6.45) is 0.594. The van der Waals surface area contributed by atoms with E-state index in [2.05, 4.69) is 21.2 Å². The van der Waals surface area contributed by atoms with Crippen molar-refractivity contribution >= 4 is 27.5 Å². The molecule has 0 bridgehead atoms. The van der Waals surface area contributed by atoms with Gasteiger partial charge in [0.25, 0.3) is 0 Å². The minimum atomic E-state index is -0.271. The molecule has 21 heavy (non-hydrogen) atoms. The van der Waals surface area contributed by atoms with Crippen molar-refractivity contribution in [3.8, 4) is 5.75 Å². The third-order valence-electron chi connectivity index (χ3n) is 3.35. The average molecular weight is 373 g/mol. The Morgan fingerprint density at radius 2 is 2.05 bits per heavy atom. The second-order valence-corrected chi connectivity index (χ2v) is 6.02. The highest BCUT2D eigenvalue weighted by Gasteiger charge is 2.17. The van der Waals surface area contributed by atoms with Gasteiger partial charge in [-0.1, -0.05) is 27.5 Å². The first-order valence-electron chi connectivity index (χ1n) is 6.49. The average Bonchev–Trinajstić information content (AvgIpc) is 2.47. The Morgan fingerprint density at radius 3 is 2.71 bits per heavy atom. The SMILES string of the molecule is CNC(Cc1cc(Br)ccc1OC)c1cc(Cl)ccc1F. The first-order chi connectivity index (χ1) is 10.0. The fraction of sp³-hybridized carbons (Fsp3) is 0.250. The molecule has 112 valence electrons. The number of methoxy groups -OCH3 is 1. The maximum atomic E-state index is 14.0. The molecule has 0 aliphatic rings. The number of hydrogen-bond donors (Lipinski definition) is 1. The molecular formula is C16H16BrClFNO. The van der Waals surface area contributed by atoms with Gasteiger partial charge < -0.3 is 10.1 Å². The lowest BCUT2D eigenvalue weighted by atomic mass is 9.98. The Kier molecular flexibility index (Phi) is 5.62. The Morgan fingerprint density at radius 1 is 1.29 bits per heavy atom. The predicted octanol–water partition coefficient (Wildman–Crippen LogP) is 4.75. The summed E-state index contributed by atoms with van der Waals surface area (Å²) in [5.74, 6) is 0.508. The molecule has 2 rings (SSSR count). The molecule has 2 aromatic rings. The van der Waals surface area contributed by atoms with E-state index in [0.717, 1.165) is 15.8 Å². The Bertz CT molecular complexity index is 636. The molecule has 0 amide bonds. The van der Waals surface area contributed by atoms with Crippen LogP contribution in [0.1, 0.15) is 17.2 Å². The molecule has 2 aromatic carbocycles. The second kappa shape index (κ2) is 7.25. The summed E-state index contributed by atoms with van der Waals surface area (Å²) in [6, 6.07) is 10.2. The first-order valence-corrected chi connectivity index (χ1v) is 7.67. The lowest BCUT2D eigenvalue weighted by Crippen LogP contribution is -2.20. The highest BCUT2D eigenvalue weighted by Crippen LogP contribution is 2.29. The van der Waals surface area contributed by atoms with Crippen LogP contribution in [0.15, 0.2) is 40.9 Å². The van der Waals surface area contributed by atoms with Gasteiger partial charge in [-0.05, 0) is 55.4 Å². The van der Waals surface area contributed by atoms with E-state index < -0.39 is 0 Å². The molecule has 0 saturated carbocycles. The number of nitrogens with one attached hydrogen (secondary N) is 1. The lowest BCUT2D eigenvalue weighted by molar-refractivity contribution is 0.405. The summed E-state index contributed by atoms with van der Waals surface area (Å²) < 4.78 is 20.4. The van der Waals surface area contributed by atoms with Gasteiger partial charge in [-0.2, -0.15) is 0 Å². The van der Waals surface area contributed by atoms with Crippen LogP contribution in [-0.4, -0.2) is 14.2 Å². The zero-order chi connectivity index (χ0) is 15.4. The molecule has 1 N–H and O–H groups in total. The second-order valence-electron chi connectivity index (χ2n) is 4.67. The minimum absolute atomic E-state index is 0.188. The summed E-state index contributed by atoms with van der Waals surface area (Å²) in [6.45, 7) is 0. The number of benzene rings is 2.